The Labute approximate surface area is 174 Å². The summed E-state index contributed by atoms with van der Waals surface area (Å²) < 4.78 is 0. The average Bonchev–Trinajstić information content (AvgIpc) is 2.70. The number of thioether (sulfide) groups is 1. The summed E-state index contributed by atoms with van der Waals surface area (Å²) in [5, 5.41) is 17.4. The Morgan fingerprint density at radius 1 is 1.04 bits per heavy atom. The summed E-state index contributed by atoms with van der Waals surface area (Å²) in [4.78, 5) is 27.9. The van der Waals surface area contributed by atoms with Crippen LogP contribution in [0.2, 0.25) is 0 Å². The van der Waals surface area contributed by atoms with Crippen molar-refractivity contribution in [3.63, 3.8) is 0 Å². The van der Waals surface area contributed by atoms with Crippen LogP contribution in [-0.4, -0.2) is 93.3 Å². The van der Waals surface area contributed by atoms with Crippen molar-refractivity contribution in [1.29, 1.82) is 0 Å². The van der Waals surface area contributed by atoms with Gasteiger partial charge in [-0.05, 0) is 45.3 Å². The van der Waals surface area contributed by atoms with Gasteiger partial charge in [-0.1, -0.05) is 41.5 Å². The van der Waals surface area contributed by atoms with E-state index in [1.165, 1.54) is 62.0 Å². The van der Waals surface area contributed by atoms with E-state index < -0.39 is 5.97 Å². The minimum absolute atomic E-state index is 0.00375. The fourth-order valence-corrected chi connectivity index (χ4v) is 4.18. The second-order valence-electron chi connectivity index (χ2n) is 6.38. The number of carbonyl (C=O) groups excluding carboxylic acids is 1. The molecule has 28 heavy (non-hydrogen) atoms. The number of rotatable bonds is 8. The van der Waals surface area contributed by atoms with Crippen LogP contribution in [0, 0.1) is 0 Å². The predicted octanol–water partition coefficient (Wildman–Crippen LogP) is 2.32. The third-order valence-corrected chi connectivity index (χ3v) is 6.25. The first-order valence-electron chi connectivity index (χ1n) is 10.3. The lowest BCUT2D eigenvalue weighted by atomic mass is 10.1. The average molecular weight is 418 g/mol. The first kappa shape index (κ1) is 26.9. The molecule has 2 rings (SSSR count). The second kappa shape index (κ2) is 14.8. The van der Waals surface area contributed by atoms with Crippen LogP contribution in [0.4, 0.5) is 0 Å². The van der Waals surface area contributed by atoms with E-state index in [4.69, 9.17) is 10.2 Å². The lowest BCUT2D eigenvalue weighted by Gasteiger charge is -2.44. The molecule has 164 valence electrons. The summed E-state index contributed by atoms with van der Waals surface area (Å²) in [6.45, 7) is 20.2. The molecule has 1 unspecified atom stereocenters. The van der Waals surface area contributed by atoms with Crippen LogP contribution in [-0.2, 0) is 9.59 Å². The number of amides is 1. The number of carboxylic acid groups (broad SMARTS) is 1. The Morgan fingerprint density at radius 2 is 1.46 bits per heavy atom. The molecule has 2 heterocycles. The van der Waals surface area contributed by atoms with Crippen LogP contribution >= 0.6 is 11.8 Å². The molecule has 2 atom stereocenters. The van der Waals surface area contributed by atoms with E-state index in [2.05, 4.69) is 51.3 Å². The van der Waals surface area contributed by atoms with Gasteiger partial charge in [0.1, 0.15) is 5.70 Å². The summed E-state index contributed by atoms with van der Waals surface area (Å²) in [6, 6.07) is 0. The molecule has 0 aliphatic carbocycles. The smallest absolute Gasteiger partial charge is 0.352 e. The maximum absolute atomic E-state index is 11.1. The predicted molar refractivity (Wildman–Crippen MR) is 116 cm³/mol. The number of hydrogen-bond acceptors (Lipinski definition) is 6. The molecule has 7 nitrogen and oxygen atoms in total. The highest BCUT2D eigenvalue weighted by Gasteiger charge is 2.45. The van der Waals surface area contributed by atoms with Crippen LogP contribution < -0.4 is 0 Å². The van der Waals surface area contributed by atoms with Crippen molar-refractivity contribution >= 4 is 23.6 Å². The van der Waals surface area contributed by atoms with Crippen molar-refractivity contribution in [2.45, 2.75) is 58.6 Å². The van der Waals surface area contributed by atoms with Gasteiger partial charge >= 0.3 is 5.97 Å². The highest BCUT2D eigenvalue weighted by molar-refractivity contribution is 8.00. The Morgan fingerprint density at radius 3 is 1.71 bits per heavy atom. The first-order chi connectivity index (χ1) is 13.3. The summed E-state index contributed by atoms with van der Waals surface area (Å²) in [5.74, 6) is -1.27. The molecule has 2 aliphatic heterocycles. The van der Waals surface area contributed by atoms with Gasteiger partial charge in [0.15, 0.2) is 0 Å². The number of nitrogens with zero attached hydrogens (tertiary/aromatic N) is 3. The SMILES string of the molecule is CCN(CC)CC.CCN(CC)CC.O=C(O)C1=CC(CO)S[C@@H]2CC(=O)N12. The summed E-state index contributed by atoms with van der Waals surface area (Å²) in [5.41, 5.74) is 0.00375. The van der Waals surface area contributed by atoms with E-state index in [0.29, 0.717) is 6.42 Å². The molecule has 2 N–H and O–H groups in total. The van der Waals surface area contributed by atoms with Crippen molar-refractivity contribution in [2.24, 2.45) is 0 Å². The number of carbonyl (C=O) groups is 2. The molecule has 0 radical (unpaired) electrons. The second-order valence-corrected chi connectivity index (χ2v) is 7.80. The van der Waals surface area contributed by atoms with Crippen molar-refractivity contribution in [2.75, 3.05) is 45.9 Å². The van der Waals surface area contributed by atoms with Gasteiger partial charge in [-0.25, -0.2) is 4.79 Å². The molecule has 0 spiro atoms. The van der Waals surface area contributed by atoms with E-state index in [0.717, 1.165) is 0 Å². The number of aliphatic hydroxyl groups is 1. The Kier molecular flexibility index (Phi) is 14.3. The van der Waals surface area contributed by atoms with Gasteiger partial charge in [-0.3, -0.25) is 9.69 Å². The molecule has 0 aromatic heterocycles. The minimum Gasteiger partial charge on any atom is -0.477 e. The number of fused-ring (bicyclic) bond motifs is 1. The highest BCUT2D eigenvalue weighted by atomic mass is 32.2. The van der Waals surface area contributed by atoms with Gasteiger partial charge in [0.25, 0.3) is 0 Å². The third-order valence-electron chi connectivity index (χ3n) is 4.92. The molecule has 0 bridgehead atoms. The molecule has 0 aromatic carbocycles. The maximum Gasteiger partial charge on any atom is 0.352 e. The zero-order valence-electron chi connectivity index (χ0n) is 18.3. The normalized spacial score (nSPS) is 20.4. The van der Waals surface area contributed by atoms with Crippen molar-refractivity contribution in [3.05, 3.63) is 11.8 Å². The maximum atomic E-state index is 11.1. The molecular formula is C20H39N3O4S. The fraction of sp³-hybridized carbons (Fsp3) is 0.800. The lowest BCUT2D eigenvalue weighted by molar-refractivity contribution is -0.146. The molecular weight excluding hydrogens is 378 g/mol. The molecule has 1 saturated heterocycles. The number of hydrogen-bond donors (Lipinski definition) is 2. The minimum atomic E-state index is -1.11. The number of carboxylic acids is 1. The van der Waals surface area contributed by atoms with Crippen molar-refractivity contribution in [3.8, 4) is 0 Å². The van der Waals surface area contributed by atoms with Crippen LogP contribution in [0.5, 0.6) is 0 Å². The van der Waals surface area contributed by atoms with Gasteiger partial charge in [-0.15, -0.1) is 11.8 Å². The van der Waals surface area contributed by atoms with Gasteiger partial charge in [0.05, 0.1) is 23.7 Å². The lowest BCUT2D eigenvalue weighted by Crippen LogP contribution is -2.54. The van der Waals surface area contributed by atoms with E-state index in [1.807, 2.05) is 0 Å². The molecule has 0 aromatic rings. The Bertz CT molecular complexity index is 471. The van der Waals surface area contributed by atoms with Gasteiger partial charge in [0.2, 0.25) is 5.91 Å². The molecule has 1 amide bonds. The van der Waals surface area contributed by atoms with E-state index in [1.54, 1.807) is 0 Å². The van der Waals surface area contributed by atoms with Crippen LogP contribution in [0.3, 0.4) is 0 Å². The summed E-state index contributed by atoms with van der Waals surface area (Å²) in [7, 11) is 0. The Balaban J connectivity index is 0.000000444. The molecule has 0 saturated carbocycles. The van der Waals surface area contributed by atoms with Gasteiger partial charge < -0.3 is 20.0 Å². The quantitative estimate of drug-likeness (QED) is 0.586. The zero-order valence-corrected chi connectivity index (χ0v) is 19.2. The third kappa shape index (κ3) is 8.51. The van der Waals surface area contributed by atoms with E-state index in [9.17, 15) is 9.59 Å². The monoisotopic (exact) mass is 417 g/mol. The highest BCUT2D eigenvalue weighted by Crippen LogP contribution is 2.40. The number of aliphatic hydroxyl groups excluding tert-OH is 1. The first-order valence-corrected chi connectivity index (χ1v) is 11.2. The van der Waals surface area contributed by atoms with Gasteiger partial charge in [0, 0.05) is 0 Å². The topological polar surface area (TPSA) is 84.3 Å². The molecule has 2 aliphatic rings. The largest absolute Gasteiger partial charge is 0.477 e. The fourth-order valence-electron chi connectivity index (χ4n) is 2.89. The van der Waals surface area contributed by atoms with E-state index >= 15 is 0 Å². The standard InChI is InChI=1S/C8H9NO4S.2C6H15N/c10-3-4-1-5(8(12)13)9-6(11)2-7(9)14-4;2*1-4-7(5-2)6-3/h1,4,7,10H,2-3H2,(H,12,13);2*4-6H2,1-3H3/t4?,7-;;/m1../s1. The molecule has 1 fully saturated rings. The van der Waals surface area contributed by atoms with Crippen LogP contribution in [0.25, 0.3) is 0 Å². The number of β-lactam (4-membered cyclic amide) rings is 1. The zero-order chi connectivity index (χ0) is 21.7. The molecule has 8 heteroatoms. The van der Waals surface area contributed by atoms with Crippen LogP contribution in [0.15, 0.2) is 11.8 Å². The van der Waals surface area contributed by atoms with Crippen LogP contribution in [0.1, 0.15) is 48.0 Å². The van der Waals surface area contributed by atoms with Crippen molar-refractivity contribution < 1.29 is 19.8 Å². The Hall–Kier alpha value is -1.09. The van der Waals surface area contributed by atoms with Gasteiger partial charge in [-0.2, -0.15) is 0 Å². The summed E-state index contributed by atoms with van der Waals surface area (Å²) in [6.07, 6.45) is 1.80. The summed E-state index contributed by atoms with van der Waals surface area (Å²) >= 11 is 1.42. The number of aliphatic carboxylic acids is 1. The van der Waals surface area contributed by atoms with E-state index in [-0.39, 0.29) is 28.8 Å². The van der Waals surface area contributed by atoms with Crippen molar-refractivity contribution in [1.82, 2.24) is 14.7 Å².